The van der Waals surface area contributed by atoms with Gasteiger partial charge in [0.15, 0.2) is 5.78 Å². The van der Waals surface area contributed by atoms with Crippen molar-refractivity contribution in [1.29, 1.82) is 0 Å². The van der Waals surface area contributed by atoms with Crippen molar-refractivity contribution < 1.29 is 9.53 Å². The maximum Gasteiger partial charge on any atom is 0.170 e. The van der Waals surface area contributed by atoms with Crippen LogP contribution >= 0.6 is 0 Å². The number of nitrogens with two attached hydrogens (primary N) is 1. The second-order valence-electron chi connectivity index (χ2n) is 6.37. The molecule has 1 aromatic carbocycles. The number of ether oxygens (including phenoxy) is 1. The topological polar surface area (TPSA) is 65.2 Å². The highest BCUT2D eigenvalue weighted by Gasteiger charge is 2.45. The molecule has 1 aliphatic carbocycles. The van der Waals surface area contributed by atoms with Crippen LogP contribution in [0.4, 0.5) is 5.82 Å². The Morgan fingerprint density at radius 3 is 2.68 bits per heavy atom. The molecule has 22 heavy (non-hydrogen) atoms. The molecule has 0 atom stereocenters. The second-order valence-corrected chi connectivity index (χ2v) is 6.37. The van der Waals surface area contributed by atoms with Crippen LogP contribution in [0.25, 0.3) is 11.1 Å². The molecule has 2 N–H and O–H groups in total. The van der Waals surface area contributed by atoms with Gasteiger partial charge >= 0.3 is 0 Å². The molecule has 1 spiro atoms. The summed E-state index contributed by atoms with van der Waals surface area (Å²) in [6.45, 7) is 2.01. The van der Waals surface area contributed by atoms with Crippen molar-refractivity contribution >= 4 is 11.6 Å². The van der Waals surface area contributed by atoms with Crippen LogP contribution in [0.3, 0.4) is 0 Å². The fourth-order valence-electron chi connectivity index (χ4n) is 3.37. The van der Waals surface area contributed by atoms with Crippen molar-refractivity contribution in [2.45, 2.75) is 38.2 Å². The van der Waals surface area contributed by atoms with E-state index in [4.69, 9.17) is 10.5 Å². The van der Waals surface area contributed by atoms with Gasteiger partial charge in [-0.05, 0) is 61.6 Å². The molecule has 1 aliphatic heterocycles. The van der Waals surface area contributed by atoms with Crippen LogP contribution in [0.5, 0.6) is 5.75 Å². The molecular formula is C18H18N2O2. The second kappa shape index (κ2) is 4.57. The Morgan fingerprint density at radius 2 is 2.05 bits per heavy atom. The SMILES string of the molecule is Cc1cc2c(cc1-c1ccc(N)nc1)OC1(CCC1)CC2=O. The number of ketones is 1. The van der Waals surface area contributed by atoms with Crippen LogP contribution < -0.4 is 10.5 Å². The largest absolute Gasteiger partial charge is 0.486 e. The molecule has 0 saturated heterocycles. The highest BCUT2D eigenvalue weighted by atomic mass is 16.5. The smallest absolute Gasteiger partial charge is 0.170 e. The number of nitrogens with zero attached hydrogens (tertiary/aromatic N) is 1. The molecule has 1 aromatic heterocycles. The van der Waals surface area contributed by atoms with E-state index in [1.54, 1.807) is 12.3 Å². The normalized spacial score (nSPS) is 18.5. The lowest BCUT2D eigenvalue weighted by atomic mass is 9.74. The van der Waals surface area contributed by atoms with Gasteiger partial charge in [-0.1, -0.05) is 0 Å². The summed E-state index contributed by atoms with van der Waals surface area (Å²) in [7, 11) is 0. The van der Waals surface area contributed by atoms with Gasteiger partial charge in [0.2, 0.25) is 0 Å². The van der Waals surface area contributed by atoms with Gasteiger partial charge in [-0.2, -0.15) is 0 Å². The molecule has 0 bridgehead atoms. The van der Waals surface area contributed by atoms with Gasteiger partial charge in [0, 0.05) is 11.8 Å². The van der Waals surface area contributed by atoms with Crippen molar-refractivity contribution in [1.82, 2.24) is 4.98 Å². The number of carbonyl (C=O) groups excluding carboxylic acids is 1. The fraction of sp³-hybridized carbons (Fsp3) is 0.333. The van der Waals surface area contributed by atoms with Gasteiger partial charge in [0.1, 0.15) is 17.2 Å². The minimum atomic E-state index is -0.240. The molecule has 112 valence electrons. The summed E-state index contributed by atoms with van der Waals surface area (Å²) in [5.41, 5.74) is 9.19. The predicted octanol–water partition coefficient (Wildman–Crippen LogP) is 3.53. The first-order chi connectivity index (χ1) is 10.6. The van der Waals surface area contributed by atoms with Crippen molar-refractivity contribution in [3.05, 3.63) is 41.6 Å². The zero-order valence-electron chi connectivity index (χ0n) is 12.6. The van der Waals surface area contributed by atoms with E-state index in [0.29, 0.717) is 23.6 Å². The monoisotopic (exact) mass is 294 g/mol. The Morgan fingerprint density at radius 1 is 1.23 bits per heavy atom. The number of nitrogen functional groups attached to an aromatic ring is 1. The lowest BCUT2D eigenvalue weighted by molar-refractivity contribution is -0.0177. The number of hydrogen-bond donors (Lipinski definition) is 1. The fourth-order valence-corrected chi connectivity index (χ4v) is 3.37. The molecule has 0 radical (unpaired) electrons. The van der Waals surface area contributed by atoms with Gasteiger partial charge in [-0.3, -0.25) is 4.79 Å². The number of benzene rings is 1. The molecule has 0 amide bonds. The highest BCUT2D eigenvalue weighted by molar-refractivity contribution is 6.01. The van der Waals surface area contributed by atoms with E-state index in [2.05, 4.69) is 4.98 Å². The Labute approximate surface area is 129 Å². The van der Waals surface area contributed by atoms with Crippen LogP contribution in [0, 0.1) is 6.92 Å². The molecule has 4 rings (SSSR count). The molecule has 2 aromatic rings. The van der Waals surface area contributed by atoms with Crippen LogP contribution in [-0.4, -0.2) is 16.4 Å². The van der Waals surface area contributed by atoms with Crippen LogP contribution in [0.1, 0.15) is 41.6 Å². The van der Waals surface area contributed by atoms with E-state index in [9.17, 15) is 4.79 Å². The van der Waals surface area contributed by atoms with Gasteiger partial charge in [0.25, 0.3) is 0 Å². The van der Waals surface area contributed by atoms with Crippen molar-refractivity contribution in [2.75, 3.05) is 5.73 Å². The number of rotatable bonds is 1. The van der Waals surface area contributed by atoms with E-state index in [1.807, 2.05) is 25.1 Å². The number of pyridine rings is 1. The van der Waals surface area contributed by atoms with Gasteiger partial charge < -0.3 is 10.5 Å². The summed E-state index contributed by atoms with van der Waals surface area (Å²) >= 11 is 0. The molecule has 1 saturated carbocycles. The summed E-state index contributed by atoms with van der Waals surface area (Å²) in [5.74, 6) is 1.42. The summed E-state index contributed by atoms with van der Waals surface area (Å²) in [6.07, 6.45) is 5.37. The highest BCUT2D eigenvalue weighted by Crippen LogP contribution is 2.46. The zero-order chi connectivity index (χ0) is 15.3. The van der Waals surface area contributed by atoms with Crippen molar-refractivity contribution in [3.63, 3.8) is 0 Å². The summed E-state index contributed by atoms with van der Waals surface area (Å²) in [6, 6.07) is 7.65. The van der Waals surface area contributed by atoms with E-state index >= 15 is 0 Å². The number of aromatic nitrogens is 1. The quantitative estimate of drug-likeness (QED) is 0.874. The lowest BCUT2D eigenvalue weighted by Gasteiger charge is -2.44. The molecule has 4 heteroatoms. The third kappa shape index (κ3) is 1.98. The first-order valence-electron chi connectivity index (χ1n) is 7.65. The number of Topliss-reactive ketones (excluding diaryl/α,β-unsaturated/α-hetero) is 1. The number of anilines is 1. The Balaban J connectivity index is 1.80. The molecular weight excluding hydrogens is 276 g/mol. The maximum atomic E-state index is 12.4. The average molecular weight is 294 g/mol. The van der Waals surface area contributed by atoms with Crippen LogP contribution in [-0.2, 0) is 0 Å². The number of fused-ring (bicyclic) bond motifs is 1. The van der Waals surface area contributed by atoms with E-state index in [1.165, 1.54) is 0 Å². The molecule has 2 heterocycles. The van der Waals surface area contributed by atoms with Gasteiger partial charge in [-0.15, -0.1) is 0 Å². The van der Waals surface area contributed by atoms with Gasteiger partial charge in [-0.25, -0.2) is 4.98 Å². The zero-order valence-corrected chi connectivity index (χ0v) is 12.6. The Bertz CT molecular complexity index is 761. The minimum absolute atomic E-state index is 0.200. The number of aryl methyl sites for hydroxylation is 1. The molecule has 0 unspecified atom stereocenters. The van der Waals surface area contributed by atoms with Crippen molar-refractivity contribution in [3.8, 4) is 16.9 Å². The van der Waals surface area contributed by atoms with Crippen LogP contribution in [0.15, 0.2) is 30.5 Å². The third-order valence-corrected chi connectivity index (χ3v) is 4.80. The van der Waals surface area contributed by atoms with E-state index < -0.39 is 0 Å². The standard InChI is InChI=1S/C18H18N2O2/c1-11-7-14-15(21)9-18(5-2-6-18)22-16(14)8-13(11)12-3-4-17(19)20-10-12/h3-4,7-8,10H,2,5-6,9H2,1H3,(H2,19,20). The first-order valence-corrected chi connectivity index (χ1v) is 7.65. The Kier molecular flexibility index (Phi) is 2.76. The third-order valence-electron chi connectivity index (χ3n) is 4.80. The average Bonchev–Trinajstić information content (AvgIpc) is 2.47. The van der Waals surface area contributed by atoms with Crippen LogP contribution in [0.2, 0.25) is 0 Å². The number of hydrogen-bond acceptors (Lipinski definition) is 4. The molecule has 4 nitrogen and oxygen atoms in total. The summed E-state index contributed by atoms with van der Waals surface area (Å²) < 4.78 is 6.20. The predicted molar refractivity (Wildman–Crippen MR) is 85.0 cm³/mol. The Hall–Kier alpha value is -2.36. The van der Waals surface area contributed by atoms with Crippen molar-refractivity contribution in [2.24, 2.45) is 0 Å². The summed E-state index contributed by atoms with van der Waals surface area (Å²) in [4.78, 5) is 16.6. The number of carbonyl (C=O) groups is 1. The summed E-state index contributed by atoms with van der Waals surface area (Å²) in [5, 5.41) is 0. The van der Waals surface area contributed by atoms with Gasteiger partial charge in [0.05, 0.1) is 12.0 Å². The lowest BCUT2D eigenvalue weighted by Crippen LogP contribution is -2.47. The first kappa shape index (κ1) is 13.3. The molecule has 1 fully saturated rings. The molecule has 2 aliphatic rings. The minimum Gasteiger partial charge on any atom is -0.486 e. The van der Waals surface area contributed by atoms with E-state index in [-0.39, 0.29) is 11.4 Å². The maximum absolute atomic E-state index is 12.4. The van der Waals surface area contributed by atoms with E-state index in [0.717, 1.165) is 36.0 Å².